The number of imidazole rings is 1. The summed E-state index contributed by atoms with van der Waals surface area (Å²) in [4.78, 5) is 10.6. The minimum Gasteiger partial charge on any atom is -0.341 e. The zero-order valence-electron chi connectivity index (χ0n) is 13.0. The molecular formula is C19H17ClN2S2. The molecule has 122 valence electrons. The first-order valence-corrected chi connectivity index (χ1v) is 9.66. The van der Waals surface area contributed by atoms with Crippen molar-refractivity contribution >= 4 is 36.0 Å². The van der Waals surface area contributed by atoms with Crippen molar-refractivity contribution in [2.24, 2.45) is 0 Å². The van der Waals surface area contributed by atoms with Crippen molar-refractivity contribution < 1.29 is 0 Å². The maximum atomic E-state index is 5.99. The van der Waals surface area contributed by atoms with Crippen molar-refractivity contribution in [1.29, 1.82) is 0 Å². The molecular weight excluding hydrogens is 356 g/mol. The Morgan fingerprint density at radius 1 is 1.04 bits per heavy atom. The second-order valence-electron chi connectivity index (χ2n) is 6.03. The van der Waals surface area contributed by atoms with E-state index in [4.69, 9.17) is 16.6 Å². The van der Waals surface area contributed by atoms with Gasteiger partial charge in [-0.3, -0.25) is 0 Å². The molecule has 5 heteroatoms. The van der Waals surface area contributed by atoms with E-state index < -0.39 is 0 Å². The van der Waals surface area contributed by atoms with Crippen LogP contribution in [-0.2, 0) is 0 Å². The number of hydrogen-bond donors (Lipinski definition) is 2. The topological polar surface area (TPSA) is 28.7 Å². The molecule has 1 aromatic heterocycles. The van der Waals surface area contributed by atoms with E-state index in [1.807, 2.05) is 36.4 Å². The van der Waals surface area contributed by atoms with Crippen molar-refractivity contribution in [3.05, 3.63) is 59.4 Å². The van der Waals surface area contributed by atoms with E-state index in [1.54, 1.807) is 11.8 Å². The lowest BCUT2D eigenvalue weighted by Crippen LogP contribution is -2.10. The predicted molar refractivity (Wildman–Crippen MR) is 103 cm³/mol. The third-order valence-electron chi connectivity index (χ3n) is 4.36. The molecule has 1 N–H and O–H groups in total. The molecule has 0 amide bonds. The Labute approximate surface area is 156 Å². The van der Waals surface area contributed by atoms with Gasteiger partial charge in [-0.25, -0.2) is 4.98 Å². The van der Waals surface area contributed by atoms with Crippen molar-refractivity contribution in [1.82, 2.24) is 9.97 Å². The van der Waals surface area contributed by atoms with Crippen LogP contribution in [0.15, 0.2) is 63.3 Å². The molecule has 1 aliphatic carbocycles. The number of benzene rings is 2. The number of H-pyrrole nitrogens is 1. The van der Waals surface area contributed by atoms with Gasteiger partial charge in [-0.2, -0.15) is 0 Å². The van der Waals surface area contributed by atoms with E-state index in [2.05, 4.69) is 29.7 Å². The Bertz CT molecular complexity index is 837. The average Bonchev–Trinajstić information content (AvgIpc) is 2.92. The SMILES string of the molecule is Sc1ccc(-c2[nH]c(C3CCC3)nc2Sc2ccc(Cl)cc2)cc1. The predicted octanol–water partition coefficient (Wildman–Crippen LogP) is 6.44. The maximum Gasteiger partial charge on any atom is 0.127 e. The third kappa shape index (κ3) is 3.37. The fourth-order valence-electron chi connectivity index (χ4n) is 2.76. The van der Waals surface area contributed by atoms with Crippen LogP contribution in [-0.4, -0.2) is 9.97 Å². The van der Waals surface area contributed by atoms with Gasteiger partial charge in [0.05, 0.1) is 5.69 Å². The minimum atomic E-state index is 0.576. The zero-order valence-corrected chi connectivity index (χ0v) is 15.5. The van der Waals surface area contributed by atoms with Crippen LogP contribution in [0, 0.1) is 0 Å². The number of aromatic nitrogens is 2. The number of nitrogens with zero attached hydrogens (tertiary/aromatic N) is 1. The number of rotatable bonds is 4. The van der Waals surface area contributed by atoms with Crippen LogP contribution in [0.5, 0.6) is 0 Å². The number of thiol groups is 1. The normalized spacial score (nSPS) is 14.6. The number of nitrogens with one attached hydrogen (secondary N) is 1. The standard InChI is InChI=1S/C19H17ClN2S2/c20-14-6-10-16(11-7-14)24-19-17(12-4-8-15(23)9-5-12)21-18(22-19)13-2-1-3-13/h4-11,13,23H,1-3H2,(H,21,22). The lowest BCUT2D eigenvalue weighted by Gasteiger charge is -2.22. The van der Waals surface area contributed by atoms with E-state index >= 15 is 0 Å². The van der Waals surface area contributed by atoms with Gasteiger partial charge in [-0.1, -0.05) is 41.9 Å². The Morgan fingerprint density at radius 3 is 2.38 bits per heavy atom. The van der Waals surface area contributed by atoms with E-state index in [0.717, 1.165) is 36.9 Å². The summed E-state index contributed by atoms with van der Waals surface area (Å²) >= 11 is 12.0. The van der Waals surface area contributed by atoms with Crippen LogP contribution in [0.2, 0.25) is 5.02 Å². The van der Waals surface area contributed by atoms with Crippen LogP contribution in [0.1, 0.15) is 31.0 Å². The van der Waals surface area contributed by atoms with Gasteiger partial charge >= 0.3 is 0 Å². The molecule has 1 heterocycles. The first-order chi connectivity index (χ1) is 11.7. The third-order valence-corrected chi connectivity index (χ3v) is 5.91. The molecule has 0 saturated heterocycles. The number of aromatic amines is 1. The van der Waals surface area contributed by atoms with Crippen LogP contribution < -0.4 is 0 Å². The Kier molecular flexibility index (Phi) is 4.61. The zero-order chi connectivity index (χ0) is 16.5. The quantitative estimate of drug-likeness (QED) is 0.516. The van der Waals surface area contributed by atoms with E-state index in [0.29, 0.717) is 5.92 Å². The second kappa shape index (κ2) is 6.87. The fourth-order valence-corrected chi connectivity index (χ4v) is 3.95. The highest BCUT2D eigenvalue weighted by atomic mass is 35.5. The second-order valence-corrected chi connectivity index (χ2v) is 8.05. The lowest BCUT2D eigenvalue weighted by atomic mass is 9.85. The highest BCUT2D eigenvalue weighted by Crippen LogP contribution is 2.40. The van der Waals surface area contributed by atoms with Crippen LogP contribution in [0.25, 0.3) is 11.3 Å². The molecule has 0 radical (unpaired) electrons. The smallest absolute Gasteiger partial charge is 0.127 e. The molecule has 1 fully saturated rings. The van der Waals surface area contributed by atoms with Gasteiger partial charge in [0.2, 0.25) is 0 Å². The van der Waals surface area contributed by atoms with Gasteiger partial charge in [0.15, 0.2) is 0 Å². The summed E-state index contributed by atoms with van der Waals surface area (Å²) < 4.78 is 0. The minimum absolute atomic E-state index is 0.576. The Morgan fingerprint density at radius 2 is 1.75 bits per heavy atom. The molecule has 0 unspecified atom stereocenters. The van der Waals surface area contributed by atoms with Gasteiger partial charge in [-0.15, -0.1) is 12.6 Å². The Balaban J connectivity index is 1.71. The van der Waals surface area contributed by atoms with Crippen molar-refractivity contribution in [2.45, 2.75) is 40.0 Å². The molecule has 0 aliphatic heterocycles. The number of halogens is 1. The van der Waals surface area contributed by atoms with Gasteiger partial charge in [0, 0.05) is 26.3 Å². The molecule has 3 aromatic rings. The van der Waals surface area contributed by atoms with Gasteiger partial charge in [0.25, 0.3) is 0 Å². The average molecular weight is 373 g/mol. The monoisotopic (exact) mass is 372 g/mol. The highest BCUT2D eigenvalue weighted by Gasteiger charge is 2.25. The van der Waals surface area contributed by atoms with Gasteiger partial charge < -0.3 is 4.98 Å². The highest BCUT2D eigenvalue weighted by molar-refractivity contribution is 7.99. The summed E-state index contributed by atoms with van der Waals surface area (Å²) in [6.45, 7) is 0. The molecule has 0 atom stereocenters. The molecule has 0 spiro atoms. The number of hydrogen-bond acceptors (Lipinski definition) is 3. The maximum absolute atomic E-state index is 5.99. The molecule has 1 aliphatic rings. The fraction of sp³-hybridized carbons (Fsp3) is 0.211. The van der Waals surface area contributed by atoms with E-state index in [9.17, 15) is 0 Å². The molecule has 24 heavy (non-hydrogen) atoms. The summed E-state index contributed by atoms with van der Waals surface area (Å²) in [5.41, 5.74) is 2.23. The van der Waals surface area contributed by atoms with Crippen molar-refractivity contribution in [3.63, 3.8) is 0 Å². The molecule has 2 nitrogen and oxygen atoms in total. The summed E-state index contributed by atoms with van der Waals surface area (Å²) in [5.74, 6) is 1.69. The first-order valence-electron chi connectivity index (χ1n) is 8.02. The first kappa shape index (κ1) is 16.1. The summed E-state index contributed by atoms with van der Waals surface area (Å²) in [6.07, 6.45) is 3.76. The van der Waals surface area contributed by atoms with E-state index in [-0.39, 0.29) is 0 Å². The molecule has 0 bridgehead atoms. The van der Waals surface area contributed by atoms with Crippen LogP contribution >= 0.6 is 36.0 Å². The van der Waals surface area contributed by atoms with Crippen molar-refractivity contribution in [2.75, 3.05) is 0 Å². The molecule has 1 saturated carbocycles. The van der Waals surface area contributed by atoms with Crippen LogP contribution in [0.3, 0.4) is 0 Å². The summed E-state index contributed by atoms with van der Waals surface area (Å²) in [6, 6.07) is 16.1. The van der Waals surface area contributed by atoms with Crippen LogP contribution in [0.4, 0.5) is 0 Å². The van der Waals surface area contributed by atoms with Crippen molar-refractivity contribution in [3.8, 4) is 11.3 Å². The van der Waals surface area contributed by atoms with Gasteiger partial charge in [0.1, 0.15) is 10.9 Å². The summed E-state index contributed by atoms with van der Waals surface area (Å²) in [5, 5.41) is 1.77. The molecule has 4 rings (SSSR count). The Hall–Kier alpha value is -1.36. The molecule has 2 aromatic carbocycles. The summed E-state index contributed by atoms with van der Waals surface area (Å²) in [7, 11) is 0. The lowest BCUT2D eigenvalue weighted by molar-refractivity contribution is 0.403. The largest absolute Gasteiger partial charge is 0.341 e. The van der Waals surface area contributed by atoms with Gasteiger partial charge in [-0.05, 0) is 49.2 Å². The van der Waals surface area contributed by atoms with E-state index in [1.165, 1.54) is 19.3 Å².